The van der Waals surface area contributed by atoms with Crippen LogP contribution in [0.1, 0.15) is 11.6 Å². The minimum absolute atomic E-state index is 0. The van der Waals surface area contributed by atoms with Crippen LogP contribution in [0.3, 0.4) is 0 Å². The molecule has 0 saturated carbocycles. The molecule has 9 heteroatoms. The van der Waals surface area contributed by atoms with E-state index in [9.17, 15) is 8.42 Å². The van der Waals surface area contributed by atoms with Crippen LogP contribution in [0.15, 0.2) is 47.6 Å². The molecular weight excluding hydrogens is 378 g/mol. The molecule has 26 heavy (non-hydrogen) atoms. The maximum atomic E-state index is 13.2. The lowest BCUT2D eigenvalue weighted by atomic mass is 10.1. The van der Waals surface area contributed by atoms with Crippen molar-refractivity contribution in [3.8, 4) is 11.5 Å². The third-order valence-corrected chi connectivity index (χ3v) is 6.13. The van der Waals surface area contributed by atoms with Crippen molar-refractivity contribution in [2.75, 3.05) is 33.9 Å². The number of halogens is 1. The van der Waals surface area contributed by atoms with Gasteiger partial charge in [-0.1, -0.05) is 6.07 Å². The van der Waals surface area contributed by atoms with Crippen LogP contribution in [0, 0.1) is 0 Å². The molecule has 1 aliphatic rings. The van der Waals surface area contributed by atoms with E-state index in [1.54, 1.807) is 24.5 Å². The highest BCUT2D eigenvalue weighted by atomic mass is 35.5. The minimum Gasteiger partial charge on any atom is -0.493 e. The van der Waals surface area contributed by atoms with Gasteiger partial charge in [-0.2, -0.15) is 4.31 Å². The van der Waals surface area contributed by atoms with Crippen LogP contribution in [-0.4, -0.2) is 51.6 Å². The molecule has 1 N–H and O–H groups in total. The molecule has 2 aromatic rings. The Labute approximate surface area is 159 Å². The molecule has 3 rings (SSSR count). The second-order valence-electron chi connectivity index (χ2n) is 5.64. The molecule has 1 atom stereocenters. The van der Waals surface area contributed by atoms with Crippen molar-refractivity contribution in [1.82, 2.24) is 14.6 Å². The summed E-state index contributed by atoms with van der Waals surface area (Å²) in [5, 5.41) is 3.25. The van der Waals surface area contributed by atoms with Crippen LogP contribution in [0.2, 0.25) is 0 Å². The number of methoxy groups -OCH3 is 2. The fourth-order valence-electron chi connectivity index (χ4n) is 2.94. The summed E-state index contributed by atoms with van der Waals surface area (Å²) in [6.07, 6.45) is 3.38. The zero-order valence-electron chi connectivity index (χ0n) is 14.6. The number of ether oxygens (including phenoxy) is 2. The zero-order valence-corrected chi connectivity index (χ0v) is 16.2. The number of hydrogen-bond donors (Lipinski definition) is 1. The lowest BCUT2D eigenvalue weighted by Gasteiger charge is -2.35. The number of hydrogen-bond acceptors (Lipinski definition) is 6. The monoisotopic (exact) mass is 399 g/mol. The van der Waals surface area contributed by atoms with E-state index in [1.165, 1.54) is 24.6 Å². The standard InChI is InChI=1S/C17H21N3O4S.ClH/c1-23-16-6-5-14(10-17(16)24-2)25(21,22)20-9-8-19-12-15(20)13-4-3-7-18-11-13;/h3-7,10-11,15,19H,8-9,12H2,1-2H3;1H. The number of rotatable bonds is 5. The Hall–Kier alpha value is -1.87. The van der Waals surface area contributed by atoms with Crippen molar-refractivity contribution in [1.29, 1.82) is 0 Å². The molecule has 1 aliphatic heterocycles. The Morgan fingerprint density at radius 1 is 1.19 bits per heavy atom. The second-order valence-corrected chi connectivity index (χ2v) is 7.53. The topological polar surface area (TPSA) is 80.8 Å². The largest absolute Gasteiger partial charge is 0.493 e. The Bertz CT molecular complexity index is 833. The maximum Gasteiger partial charge on any atom is 0.243 e. The molecule has 2 heterocycles. The van der Waals surface area contributed by atoms with Gasteiger partial charge in [0.25, 0.3) is 0 Å². The maximum absolute atomic E-state index is 13.2. The number of aromatic nitrogens is 1. The van der Waals surface area contributed by atoms with E-state index in [0.29, 0.717) is 31.1 Å². The van der Waals surface area contributed by atoms with E-state index in [0.717, 1.165) is 5.56 Å². The summed E-state index contributed by atoms with van der Waals surface area (Å²) in [5.41, 5.74) is 0.860. The smallest absolute Gasteiger partial charge is 0.243 e. The molecule has 0 spiro atoms. The number of sulfonamides is 1. The van der Waals surface area contributed by atoms with Crippen LogP contribution < -0.4 is 14.8 Å². The van der Waals surface area contributed by atoms with Gasteiger partial charge in [0, 0.05) is 38.1 Å². The molecular formula is C17H22ClN3O4S. The first-order chi connectivity index (χ1) is 12.1. The molecule has 1 aromatic carbocycles. The summed E-state index contributed by atoms with van der Waals surface area (Å²) in [6, 6.07) is 8.04. The summed E-state index contributed by atoms with van der Waals surface area (Å²) in [5.74, 6) is 0.877. The van der Waals surface area contributed by atoms with E-state index in [2.05, 4.69) is 10.3 Å². The highest BCUT2D eigenvalue weighted by Crippen LogP contribution is 2.33. The summed E-state index contributed by atoms with van der Waals surface area (Å²) >= 11 is 0. The Kier molecular flexibility index (Phi) is 6.82. The molecule has 1 fully saturated rings. The van der Waals surface area contributed by atoms with Crippen molar-refractivity contribution in [2.24, 2.45) is 0 Å². The van der Waals surface area contributed by atoms with Crippen LogP contribution >= 0.6 is 12.4 Å². The average Bonchev–Trinajstić information content (AvgIpc) is 2.68. The molecule has 0 aliphatic carbocycles. The molecule has 1 saturated heterocycles. The van der Waals surface area contributed by atoms with Gasteiger partial charge in [0.05, 0.1) is 25.2 Å². The van der Waals surface area contributed by atoms with Gasteiger partial charge < -0.3 is 14.8 Å². The van der Waals surface area contributed by atoms with Gasteiger partial charge in [0.15, 0.2) is 11.5 Å². The third-order valence-electron chi connectivity index (χ3n) is 4.23. The molecule has 0 radical (unpaired) electrons. The predicted molar refractivity (Wildman–Crippen MR) is 101 cm³/mol. The van der Waals surface area contributed by atoms with Crippen molar-refractivity contribution in [2.45, 2.75) is 10.9 Å². The van der Waals surface area contributed by atoms with Gasteiger partial charge in [-0.05, 0) is 23.8 Å². The summed E-state index contributed by atoms with van der Waals surface area (Å²) in [6.45, 7) is 1.53. The van der Waals surface area contributed by atoms with Crippen LogP contribution in [0.25, 0.3) is 0 Å². The van der Waals surface area contributed by atoms with Crippen LogP contribution in [0.4, 0.5) is 0 Å². The molecule has 1 unspecified atom stereocenters. The van der Waals surface area contributed by atoms with Crippen molar-refractivity contribution < 1.29 is 17.9 Å². The van der Waals surface area contributed by atoms with E-state index < -0.39 is 10.0 Å². The zero-order chi connectivity index (χ0) is 17.9. The molecule has 0 bridgehead atoms. The highest BCUT2D eigenvalue weighted by molar-refractivity contribution is 7.89. The molecule has 1 aromatic heterocycles. The lowest BCUT2D eigenvalue weighted by Crippen LogP contribution is -2.48. The summed E-state index contributed by atoms with van der Waals surface area (Å²) < 4.78 is 38.4. The predicted octanol–water partition coefficient (Wildman–Crippen LogP) is 1.86. The highest BCUT2D eigenvalue weighted by Gasteiger charge is 2.35. The van der Waals surface area contributed by atoms with E-state index >= 15 is 0 Å². The van der Waals surface area contributed by atoms with Gasteiger partial charge in [-0.25, -0.2) is 8.42 Å². The number of piperazine rings is 1. The Morgan fingerprint density at radius 2 is 1.96 bits per heavy atom. The van der Waals surface area contributed by atoms with Gasteiger partial charge in [0.1, 0.15) is 0 Å². The third kappa shape index (κ3) is 3.93. The van der Waals surface area contributed by atoms with Crippen molar-refractivity contribution >= 4 is 22.4 Å². The van der Waals surface area contributed by atoms with Crippen molar-refractivity contribution in [3.63, 3.8) is 0 Å². The first-order valence-corrected chi connectivity index (χ1v) is 9.36. The van der Waals surface area contributed by atoms with E-state index in [4.69, 9.17) is 9.47 Å². The molecule has 7 nitrogen and oxygen atoms in total. The van der Waals surface area contributed by atoms with E-state index in [1.807, 2.05) is 12.1 Å². The van der Waals surface area contributed by atoms with E-state index in [-0.39, 0.29) is 23.3 Å². The minimum atomic E-state index is -3.69. The van der Waals surface area contributed by atoms with Gasteiger partial charge in [-0.3, -0.25) is 4.98 Å². The fraction of sp³-hybridized carbons (Fsp3) is 0.353. The number of benzene rings is 1. The normalized spacial score (nSPS) is 18.0. The Morgan fingerprint density at radius 3 is 2.62 bits per heavy atom. The van der Waals surface area contributed by atoms with Crippen LogP contribution in [0.5, 0.6) is 11.5 Å². The van der Waals surface area contributed by atoms with Gasteiger partial charge in [0.2, 0.25) is 10.0 Å². The number of nitrogens with one attached hydrogen (secondary N) is 1. The fourth-order valence-corrected chi connectivity index (χ4v) is 4.57. The van der Waals surface area contributed by atoms with Gasteiger partial charge in [-0.15, -0.1) is 12.4 Å². The summed E-state index contributed by atoms with van der Waals surface area (Å²) in [4.78, 5) is 4.29. The molecule has 0 amide bonds. The van der Waals surface area contributed by atoms with Crippen molar-refractivity contribution in [3.05, 3.63) is 48.3 Å². The lowest BCUT2D eigenvalue weighted by molar-refractivity contribution is 0.271. The SMILES string of the molecule is COc1ccc(S(=O)(=O)N2CCNCC2c2cccnc2)cc1OC.Cl. The second kappa shape index (κ2) is 8.68. The Balaban J connectivity index is 0.00000243. The quantitative estimate of drug-likeness (QED) is 0.826. The number of nitrogens with zero attached hydrogens (tertiary/aromatic N) is 2. The molecule has 142 valence electrons. The van der Waals surface area contributed by atoms with Crippen LogP contribution in [-0.2, 0) is 10.0 Å². The average molecular weight is 400 g/mol. The summed E-state index contributed by atoms with van der Waals surface area (Å²) in [7, 11) is -0.689. The first kappa shape index (κ1) is 20.4. The number of pyridine rings is 1. The van der Waals surface area contributed by atoms with Gasteiger partial charge >= 0.3 is 0 Å². The first-order valence-electron chi connectivity index (χ1n) is 7.92.